The quantitative estimate of drug-likeness (QED) is 0.527. The molecular formula is C9H14ClNO2. The van der Waals surface area contributed by atoms with Crippen LogP contribution in [0.3, 0.4) is 0 Å². The van der Waals surface area contributed by atoms with Crippen LogP contribution in [0.5, 0.6) is 0 Å². The van der Waals surface area contributed by atoms with Gasteiger partial charge in [0.1, 0.15) is 0 Å². The molecule has 0 aromatic rings. The van der Waals surface area contributed by atoms with Gasteiger partial charge in [0.05, 0.1) is 12.5 Å². The van der Waals surface area contributed by atoms with E-state index in [4.69, 9.17) is 11.2 Å². The van der Waals surface area contributed by atoms with Crippen molar-refractivity contribution in [2.45, 2.75) is 12.8 Å². The molecule has 3 nitrogen and oxygen atoms in total. The zero-order valence-corrected chi connectivity index (χ0v) is 8.45. The molecule has 1 rings (SSSR count). The number of carbonyl (C=O) groups is 1. The first kappa shape index (κ1) is 12.3. The third kappa shape index (κ3) is 2.36. The summed E-state index contributed by atoms with van der Waals surface area (Å²) in [4.78, 5) is 11.4. The second-order valence-electron chi connectivity index (χ2n) is 3.08. The standard InChI is InChI=1S/C9H13NO2.ClH/c1-3-4-9(8(11)12-2)5-6-10-7-9;/h1,10H,4-7H2,2H3;1H. The van der Waals surface area contributed by atoms with E-state index in [-0.39, 0.29) is 18.4 Å². The van der Waals surface area contributed by atoms with Crippen molar-refractivity contribution in [3.63, 3.8) is 0 Å². The largest absolute Gasteiger partial charge is 0.469 e. The molecule has 1 heterocycles. The second-order valence-corrected chi connectivity index (χ2v) is 3.08. The predicted molar refractivity (Wildman–Crippen MR) is 52.6 cm³/mol. The minimum absolute atomic E-state index is 0. The van der Waals surface area contributed by atoms with Gasteiger partial charge in [-0.05, 0) is 13.0 Å². The molecule has 1 fully saturated rings. The summed E-state index contributed by atoms with van der Waals surface area (Å²) < 4.78 is 4.72. The third-order valence-corrected chi connectivity index (χ3v) is 2.30. The number of hydrogen-bond donors (Lipinski definition) is 1. The molecule has 0 spiro atoms. The SMILES string of the molecule is C#CCC1(C(=O)OC)CCNC1.Cl. The fourth-order valence-electron chi connectivity index (χ4n) is 1.55. The zero-order valence-electron chi connectivity index (χ0n) is 7.63. The van der Waals surface area contributed by atoms with Gasteiger partial charge in [0, 0.05) is 13.0 Å². The maximum Gasteiger partial charge on any atom is 0.314 e. The van der Waals surface area contributed by atoms with Crippen LogP contribution in [0.1, 0.15) is 12.8 Å². The molecule has 1 aliphatic rings. The van der Waals surface area contributed by atoms with Gasteiger partial charge in [0.2, 0.25) is 0 Å². The Morgan fingerprint density at radius 1 is 1.77 bits per heavy atom. The molecule has 74 valence electrons. The minimum atomic E-state index is -0.455. The molecule has 1 N–H and O–H groups in total. The Kier molecular flexibility index (Phi) is 4.82. The van der Waals surface area contributed by atoms with E-state index in [1.807, 2.05) is 0 Å². The summed E-state index contributed by atoms with van der Waals surface area (Å²) >= 11 is 0. The highest BCUT2D eigenvalue weighted by Gasteiger charge is 2.41. The molecule has 0 aromatic carbocycles. The monoisotopic (exact) mass is 203 g/mol. The van der Waals surface area contributed by atoms with Gasteiger partial charge in [-0.2, -0.15) is 0 Å². The summed E-state index contributed by atoms with van der Waals surface area (Å²) in [5, 5.41) is 3.12. The molecule has 0 radical (unpaired) electrons. The van der Waals surface area contributed by atoms with Gasteiger partial charge in [-0.3, -0.25) is 4.79 Å². The molecule has 13 heavy (non-hydrogen) atoms. The Bertz CT molecular complexity index is 216. The van der Waals surface area contributed by atoms with Crippen LogP contribution in [-0.4, -0.2) is 26.2 Å². The number of esters is 1. The lowest BCUT2D eigenvalue weighted by Crippen LogP contribution is -2.34. The molecule has 0 aliphatic carbocycles. The van der Waals surface area contributed by atoms with Crippen LogP contribution in [0.4, 0.5) is 0 Å². The van der Waals surface area contributed by atoms with E-state index in [1.54, 1.807) is 0 Å². The summed E-state index contributed by atoms with van der Waals surface area (Å²) in [6.07, 6.45) is 6.45. The lowest BCUT2D eigenvalue weighted by molar-refractivity contribution is -0.151. The Labute approximate surface area is 84.6 Å². The molecule has 1 atom stereocenters. The van der Waals surface area contributed by atoms with Crippen LogP contribution in [0.2, 0.25) is 0 Å². The lowest BCUT2D eigenvalue weighted by Gasteiger charge is -2.21. The van der Waals surface area contributed by atoms with E-state index in [9.17, 15) is 4.79 Å². The maximum atomic E-state index is 11.4. The summed E-state index contributed by atoms with van der Waals surface area (Å²) in [5.41, 5.74) is -0.455. The van der Waals surface area contributed by atoms with E-state index >= 15 is 0 Å². The minimum Gasteiger partial charge on any atom is -0.469 e. The van der Waals surface area contributed by atoms with E-state index in [0.717, 1.165) is 13.0 Å². The topological polar surface area (TPSA) is 38.3 Å². The second kappa shape index (κ2) is 5.11. The van der Waals surface area contributed by atoms with Crippen LogP contribution in [0, 0.1) is 17.8 Å². The van der Waals surface area contributed by atoms with Gasteiger partial charge in [-0.1, -0.05) is 0 Å². The van der Waals surface area contributed by atoms with Crippen molar-refractivity contribution in [2.24, 2.45) is 5.41 Å². The van der Waals surface area contributed by atoms with E-state index in [2.05, 4.69) is 11.2 Å². The number of rotatable bonds is 2. The molecule has 0 saturated carbocycles. The Morgan fingerprint density at radius 3 is 2.85 bits per heavy atom. The van der Waals surface area contributed by atoms with Crippen LogP contribution < -0.4 is 5.32 Å². The fraction of sp³-hybridized carbons (Fsp3) is 0.667. The first-order valence-electron chi connectivity index (χ1n) is 3.98. The Hall–Kier alpha value is -0.720. The summed E-state index contributed by atoms with van der Waals surface area (Å²) in [6, 6.07) is 0. The molecular weight excluding hydrogens is 190 g/mol. The zero-order chi connectivity index (χ0) is 9.03. The van der Waals surface area contributed by atoms with Crippen molar-refractivity contribution in [2.75, 3.05) is 20.2 Å². The van der Waals surface area contributed by atoms with Crippen molar-refractivity contribution in [1.29, 1.82) is 0 Å². The first-order chi connectivity index (χ1) is 5.75. The van der Waals surface area contributed by atoms with Gasteiger partial charge in [0.25, 0.3) is 0 Å². The summed E-state index contributed by atoms with van der Waals surface area (Å²) in [5.74, 6) is 2.34. The number of ether oxygens (including phenoxy) is 1. The van der Waals surface area contributed by atoms with Gasteiger partial charge < -0.3 is 10.1 Å². The number of halogens is 1. The van der Waals surface area contributed by atoms with Crippen molar-refractivity contribution in [3.05, 3.63) is 0 Å². The summed E-state index contributed by atoms with van der Waals surface area (Å²) in [7, 11) is 1.40. The highest BCUT2D eigenvalue weighted by molar-refractivity contribution is 5.85. The molecule has 4 heteroatoms. The average Bonchev–Trinajstić information content (AvgIpc) is 2.53. The van der Waals surface area contributed by atoms with E-state index in [1.165, 1.54) is 7.11 Å². The van der Waals surface area contributed by atoms with Gasteiger partial charge in [-0.25, -0.2) is 0 Å². The third-order valence-electron chi connectivity index (χ3n) is 2.30. The summed E-state index contributed by atoms with van der Waals surface area (Å²) in [6.45, 7) is 1.49. The maximum absolute atomic E-state index is 11.4. The molecule has 0 bridgehead atoms. The molecule has 0 aromatic heterocycles. The predicted octanol–water partition coefficient (Wildman–Crippen LogP) is 0.584. The smallest absolute Gasteiger partial charge is 0.314 e. The number of nitrogens with one attached hydrogen (secondary N) is 1. The highest BCUT2D eigenvalue weighted by atomic mass is 35.5. The van der Waals surface area contributed by atoms with Gasteiger partial charge in [0.15, 0.2) is 0 Å². The average molecular weight is 204 g/mol. The van der Waals surface area contributed by atoms with Crippen molar-refractivity contribution in [3.8, 4) is 12.3 Å². The fourth-order valence-corrected chi connectivity index (χ4v) is 1.55. The van der Waals surface area contributed by atoms with Crippen LogP contribution in [0.25, 0.3) is 0 Å². The Morgan fingerprint density at radius 2 is 2.46 bits per heavy atom. The highest BCUT2D eigenvalue weighted by Crippen LogP contribution is 2.30. The van der Waals surface area contributed by atoms with Gasteiger partial charge in [-0.15, -0.1) is 24.8 Å². The molecule has 1 aliphatic heterocycles. The molecule has 1 saturated heterocycles. The lowest BCUT2D eigenvalue weighted by atomic mass is 9.84. The number of terminal acetylenes is 1. The van der Waals surface area contributed by atoms with E-state index in [0.29, 0.717) is 13.0 Å². The first-order valence-corrected chi connectivity index (χ1v) is 3.98. The Balaban J connectivity index is 0.00000144. The number of methoxy groups -OCH3 is 1. The van der Waals surface area contributed by atoms with E-state index < -0.39 is 5.41 Å². The van der Waals surface area contributed by atoms with Crippen molar-refractivity contribution >= 4 is 18.4 Å². The van der Waals surface area contributed by atoms with Gasteiger partial charge >= 0.3 is 5.97 Å². The number of hydrogen-bond acceptors (Lipinski definition) is 3. The molecule has 1 unspecified atom stereocenters. The number of carbonyl (C=O) groups excluding carboxylic acids is 1. The van der Waals surface area contributed by atoms with Crippen molar-refractivity contribution < 1.29 is 9.53 Å². The molecule has 0 amide bonds. The van der Waals surface area contributed by atoms with Crippen LogP contribution >= 0.6 is 12.4 Å². The van der Waals surface area contributed by atoms with Crippen LogP contribution in [-0.2, 0) is 9.53 Å². The normalized spacial score (nSPS) is 25.8. The van der Waals surface area contributed by atoms with Crippen LogP contribution in [0.15, 0.2) is 0 Å². The van der Waals surface area contributed by atoms with Crippen molar-refractivity contribution in [1.82, 2.24) is 5.32 Å².